The molecule has 1 unspecified atom stereocenters. The fourth-order valence-electron chi connectivity index (χ4n) is 0.361. The van der Waals surface area contributed by atoms with E-state index in [4.69, 9.17) is 5.73 Å². The highest BCUT2D eigenvalue weighted by molar-refractivity contribution is 8.13. The second kappa shape index (κ2) is 4.68. The van der Waals surface area contributed by atoms with Gasteiger partial charge in [0.1, 0.15) is 0 Å². The summed E-state index contributed by atoms with van der Waals surface area (Å²) in [5.74, 6) is 0. The Morgan fingerprint density at radius 1 is 1.78 bits per heavy atom. The van der Waals surface area contributed by atoms with Crippen molar-refractivity contribution in [3.63, 3.8) is 0 Å². The fraction of sp³-hybridized carbons (Fsp3) is 0.833. The highest BCUT2D eigenvalue weighted by atomic mass is 32.2. The molecule has 0 bridgehead atoms. The molecule has 0 aromatic heterocycles. The first-order valence-electron chi connectivity index (χ1n) is 3.08. The van der Waals surface area contributed by atoms with Gasteiger partial charge in [-0.3, -0.25) is 4.99 Å². The van der Waals surface area contributed by atoms with Crippen LogP contribution in [0.3, 0.4) is 0 Å². The van der Waals surface area contributed by atoms with Crippen LogP contribution < -0.4 is 5.73 Å². The smallest absolute Gasteiger partial charge is 0.153 e. The number of amidine groups is 1. The summed E-state index contributed by atoms with van der Waals surface area (Å²) < 4.78 is 0. The van der Waals surface area contributed by atoms with E-state index in [1.165, 1.54) is 11.8 Å². The first-order chi connectivity index (χ1) is 4.20. The summed E-state index contributed by atoms with van der Waals surface area (Å²) in [5.41, 5.74) is 5.46. The molecular weight excluding hydrogens is 132 g/mol. The Bertz CT molecular complexity index is 101. The summed E-state index contributed by atoms with van der Waals surface area (Å²) in [6, 6.07) is 0.373. The highest BCUT2D eigenvalue weighted by Gasteiger charge is 1.93. The van der Waals surface area contributed by atoms with Crippen LogP contribution in [0.25, 0.3) is 0 Å². The predicted molar refractivity (Wildman–Crippen MR) is 44.9 cm³/mol. The van der Waals surface area contributed by atoms with Crippen molar-refractivity contribution >= 4 is 16.9 Å². The van der Waals surface area contributed by atoms with Gasteiger partial charge in [0.15, 0.2) is 5.17 Å². The molecule has 0 spiro atoms. The standard InChI is InChI=1S/C6H14N2S/c1-4-5(2)8-6(7)9-3/h5H,4H2,1-3H3,(H2,7,8). The lowest BCUT2D eigenvalue weighted by Crippen LogP contribution is -2.09. The third-order valence-corrected chi connectivity index (χ3v) is 1.67. The lowest BCUT2D eigenvalue weighted by molar-refractivity contribution is 0.718. The lowest BCUT2D eigenvalue weighted by Gasteiger charge is -2.01. The molecule has 1 atom stereocenters. The van der Waals surface area contributed by atoms with Gasteiger partial charge in [-0.15, -0.1) is 0 Å². The number of nitrogens with two attached hydrogens (primary N) is 1. The van der Waals surface area contributed by atoms with E-state index in [0.29, 0.717) is 11.2 Å². The molecular formula is C6H14N2S. The lowest BCUT2D eigenvalue weighted by atomic mass is 10.3. The summed E-state index contributed by atoms with van der Waals surface area (Å²) in [6.07, 6.45) is 2.99. The largest absolute Gasteiger partial charge is 0.379 e. The highest BCUT2D eigenvalue weighted by Crippen LogP contribution is 1.98. The number of hydrogen-bond donors (Lipinski definition) is 1. The van der Waals surface area contributed by atoms with Gasteiger partial charge >= 0.3 is 0 Å². The predicted octanol–water partition coefficient (Wildman–Crippen LogP) is 1.46. The van der Waals surface area contributed by atoms with E-state index in [9.17, 15) is 0 Å². The van der Waals surface area contributed by atoms with Crippen molar-refractivity contribution in [2.75, 3.05) is 6.26 Å². The van der Waals surface area contributed by atoms with Gasteiger partial charge in [0.2, 0.25) is 0 Å². The molecule has 0 aliphatic heterocycles. The molecule has 2 N–H and O–H groups in total. The Balaban J connectivity index is 3.64. The van der Waals surface area contributed by atoms with E-state index in [0.717, 1.165) is 6.42 Å². The summed E-state index contributed by atoms with van der Waals surface area (Å²) in [4.78, 5) is 4.17. The van der Waals surface area contributed by atoms with Crippen molar-refractivity contribution in [2.24, 2.45) is 10.7 Å². The normalized spacial score (nSPS) is 15.7. The molecule has 0 heterocycles. The van der Waals surface area contributed by atoms with Gasteiger partial charge in [-0.05, 0) is 19.6 Å². The Morgan fingerprint density at radius 2 is 2.33 bits per heavy atom. The Hall–Kier alpha value is -0.180. The van der Waals surface area contributed by atoms with E-state index in [2.05, 4.69) is 18.8 Å². The molecule has 0 saturated heterocycles. The SMILES string of the molecule is CCC(C)N=C(N)SC. The number of hydrogen-bond acceptors (Lipinski definition) is 2. The van der Waals surface area contributed by atoms with Crippen LogP contribution in [0.5, 0.6) is 0 Å². The molecule has 0 aliphatic carbocycles. The fourth-order valence-corrected chi connectivity index (χ4v) is 0.647. The van der Waals surface area contributed by atoms with E-state index in [1.54, 1.807) is 0 Å². The molecule has 0 fully saturated rings. The van der Waals surface area contributed by atoms with Crippen molar-refractivity contribution in [1.29, 1.82) is 0 Å². The molecule has 54 valence electrons. The first kappa shape index (κ1) is 8.82. The summed E-state index contributed by atoms with van der Waals surface area (Å²) in [7, 11) is 0. The van der Waals surface area contributed by atoms with Gasteiger partial charge in [-0.1, -0.05) is 18.7 Å². The number of aliphatic imine (C=N–C) groups is 1. The van der Waals surface area contributed by atoms with Crippen molar-refractivity contribution in [3.05, 3.63) is 0 Å². The van der Waals surface area contributed by atoms with Crippen LogP contribution in [-0.4, -0.2) is 17.5 Å². The summed E-state index contributed by atoms with van der Waals surface area (Å²) >= 11 is 1.50. The number of nitrogens with zero attached hydrogens (tertiary/aromatic N) is 1. The maximum atomic E-state index is 5.46. The van der Waals surface area contributed by atoms with Gasteiger partial charge < -0.3 is 5.73 Å². The minimum Gasteiger partial charge on any atom is -0.379 e. The zero-order valence-corrected chi connectivity index (χ0v) is 7.03. The summed E-state index contributed by atoms with van der Waals surface area (Å²) in [5, 5.41) is 0.685. The Labute approximate surface area is 60.9 Å². The topological polar surface area (TPSA) is 38.4 Å². The molecule has 2 nitrogen and oxygen atoms in total. The Kier molecular flexibility index (Phi) is 4.58. The molecule has 0 radical (unpaired) electrons. The molecule has 0 saturated carbocycles. The second-order valence-electron chi connectivity index (χ2n) is 1.93. The van der Waals surface area contributed by atoms with Crippen LogP contribution in [-0.2, 0) is 0 Å². The minimum absolute atomic E-state index is 0.373. The quantitative estimate of drug-likeness (QED) is 0.473. The average Bonchev–Trinajstić information content (AvgIpc) is 1.87. The molecule has 0 rings (SSSR count). The van der Waals surface area contributed by atoms with Crippen LogP contribution in [0.2, 0.25) is 0 Å². The number of rotatable bonds is 2. The van der Waals surface area contributed by atoms with Gasteiger partial charge in [-0.2, -0.15) is 0 Å². The molecule has 0 aromatic rings. The van der Waals surface area contributed by atoms with Crippen LogP contribution in [0.15, 0.2) is 4.99 Å². The van der Waals surface area contributed by atoms with Crippen molar-refractivity contribution in [2.45, 2.75) is 26.3 Å². The van der Waals surface area contributed by atoms with Crippen molar-refractivity contribution in [1.82, 2.24) is 0 Å². The van der Waals surface area contributed by atoms with Crippen LogP contribution in [0, 0.1) is 0 Å². The zero-order valence-electron chi connectivity index (χ0n) is 6.22. The van der Waals surface area contributed by atoms with E-state index in [-0.39, 0.29) is 0 Å². The molecule has 0 amide bonds. The van der Waals surface area contributed by atoms with E-state index >= 15 is 0 Å². The van der Waals surface area contributed by atoms with Gasteiger partial charge in [0, 0.05) is 6.04 Å². The Morgan fingerprint density at radius 3 is 2.67 bits per heavy atom. The van der Waals surface area contributed by atoms with Crippen LogP contribution in [0.1, 0.15) is 20.3 Å². The van der Waals surface area contributed by atoms with Gasteiger partial charge in [0.25, 0.3) is 0 Å². The van der Waals surface area contributed by atoms with Crippen LogP contribution in [0.4, 0.5) is 0 Å². The van der Waals surface area contributed by atoms with Crippen molar-refractivity contribution in [3.8, 4) is 0 Å². The third-order valence-electron chi connectivity index (χ3n) is 1.15. The monoisotopic (exact) mass is 146 g/mol. The van der Waals surface area contributed by atoms with Gasteiger partial charge in [-0.25, -0.2) is 0 Å². The molecule has 9 heavy (non-hydrogen) atoms. The molecule has 3 heteroatoms. The molecule has 0 aliphatic rings. The maximum Gasteiger partial charge on any atom is 0.153 e. The zero-order chi connectivity index (χ0) is 7.28. The van der Waals surface area contributed by atoms with Gasteiger partial charge in [0.05, 0.1) is 0 Å². The average molecular weight is 146 g/mol. The third kappa shape index (κ3) is 4.33. The summed E-state index contributed by atoms with van der Waals surface area (Å²) in [6.45, 7) is 4.16. The molecule has 0 aromatic carbocycles. The second-order valence-corrected chi connectivity index (χ2v) is 2.76. The van der Waals surface area contributed by atoms with E-state index < -0.39 is 0 Å². The van der Waals surface area contributed by atoms with Crippen molar-refractivity contribution < 1.29 is 0 Å². The van der Waals surface area contributed by atoms with E-state index in [1.807, 2.05) is 6.26 Å². The maximum absolute atomic E-state index is 5.46. The number of thioether (sulfide) groups is 1. The van der Waals surface area contributed by atoms with Crippen LogP contribution >= 0.6 is 11.8 Å². The minimum atomic E-state index is 0.373. The first-order valence-corrected chi connectivity index (χ1v) is 4.30.